The summed E-state index contributed by atoms with van der Waals surface area (Å²) < 4.78 is 6.17. The predicted molar refractivity (Wildman–Crippen MR) is 136 cm³/mol. The van der Waals surface area contributed by atoms with E-state index < -0.39 is 11.8 Å². The van der Waals surface area contributed by atoms with Crippen molar-refractivity contribution in [3.63, 3.8) is 0 Å². The van der Waals surface area contributed by atoms with E-state index in [1.807, 2.05) is 24.3 Å². The van der Waals surface area contributed by atoms with Crippen molar-refractivity contribution >= 4 is 69.0 Å². The molecule has 0 saturated carbocycles. The molecule has 3 amide bonds. The number of hydrogen-bond donors (Lipinski definition) is 2. The molecule has 0 unspecified atom stereocenters. The Kier molecular flexibility index (Phi) is 6.66. The van der Waals surface area contributed by atoms with E-state index in [9.17, 15) is 14.4 Å². The Hall–Kier alpha value is -3.37. The number of rotatable bonds is 6. The average Bonchev–Trinajstić information content (AvgIpc) is 3.04. The summed E-state index contributed by atoms with van der Waals surface area (Å²) in [6.07, 6.45) is 0. The summed E-state index contributed by atoms with van der Waals surface area (Å²) in [6, 6.07) is 20.4. The van der Waals surface area contributed by atoms with Gasteiger partial charge in [0.15, 0.2) is 0 Å². The lowest BCUT2D eigenvalue weighted by molar-refractivity contribution is -0.120. The van der Waals surface area contributed by atoms with E-state index in [0.29, 0.717) is 28.4 Å². The third-order valence-corrected chi connectivity index (χ3v) is 5.92. The molecule has 0 atom stereocenters. The normalized spacial score (nSPS) is 13.4. The number of anilines is 3. The van der Waals surface area contributed by atoms with Crippen LogP contribution >= 0.6 is 34.2 Å². The number of nitrogens with zero attached hydrogens (tertiary/aromatic N) is 1. The number of ether oxygens (including phenoxy) is 1. The number of methoxy groups -OCH3 is 1. The monoisotopic (exact) mass is 573 g/mol. The highest BCUT2D eigenvalue weighted by molar-refractivity contribution is 14.1. The van der Waals surface area contributed by atoms with Crippen molar-refractivity contribution in [2.75, 3.05) is 22.6 Å². The Bertz CT molecular complexity index is 1270. The standard InChI is InChI=1S/C24H17ClIN3O4/c1-33-19-11-9-18(10-12-19)29-23(31)20(25)21(24(29)32)27-17-4-2-3-14(13-17)22(30)28-16-7-5-15(26)6-8-16/h2-13,27H,1H3,(H,28,30). The fourth-order valence-electron chi connectivity index (χ4n) is 3.20. The zero-order valence-corrected chi connectivity index (χ0v) is 20.2. The molecule has 3 aromatic carbocycles. The summed E-state index contributed by atoms with van der Waals surface area (Å²) in [5.74, 6) is -0.949. The van der Waals surface area contributed by atoms with Gasteiger partial charge in [-0.1, -0.05) is 17.7 Å². The van der Waals surface area contributed by atoms with Crippen molar-refractivity contribution in [1.82, 2.24) is 0 Å². The molecular weight excluding hydrogens is 557 g/mol. The Balaban J connectivity index is 1.52. The molecule has 166 valence electrons. The number of halogens is 2. The van der Waals surface area contributed by atoms with Gasteiger partial charge in [0.25, 0.3) is 17.7 Å². The van der Waals surface area contributed by atoms with Crippen LogP contribution in [-0.4, -0.2) is 24.8 Å². The highest BCUT2D eigenvalue weighted by Crippen LogP contribution is 2.31. The fraction of sp³-hybridized carbons (Fsp3) is 0.0417. The van der Waals surface area contributed by atoms with Gasteiger partial charge in [0.1, 0.15) is 16.5 Å². The van der Waals surface area contributed by atoms with Gasteiger partial charge in [-0.3, -0.25) is 14.4 Å². The van der Waals surface area contributed by atoms with Crippen LogP contribution in [0.1, 0.15) is 10.4 Å². The lowest BCUT2D eigenvalue weighted by Gasteiger charge is -2.15. The minimum atomic E-state index is -0.637. The van der Waals surface area contributed by atoms with E-state index >= 15 is 0 Å². The molecule has 0 aromatic heterocycles. The molecule has 0 radical (unpaired) electrons. The molecule has 3 aromatic rings. The Morgan fingerprint density at radius 2 is 1.64 bits per heavy atom. The van der Waals surface area contributed by atoms with Crippen LogP contribution in [0, 0.1) is 3.57 Å². The second-order valence-corrected chi connectivity index (χ2v) is 8.62. The van der Waals surface area contributed by atoms with Crippen molar-refractivity contribution in [3.8, 4) is 5.75 Å². The van der Waals surface area contributed by atoms with Gasteiger partial charge in [-0.2, -0.15) is 0 Å². The first-order valence-electron chi connectivity index (χ1n) is 9.74. The summed E-state index contributed by atoms with van der Waals surface area (Å²) in [7, 11) is 1.52. The van der Waals surface area contributed by atoms with E-state index in [2.05, 4.69) is 33.2 Å². The zero-order valence-electron chi connectivity index (χ0n) is 17.3. The summed E-state index contributed by atoms with van der Waals surface area (Å²) in [6.45, 7) is 0. The average molecular weight is 574 g/mol. The van der Waals surface area contributed by atoms with Crippen molar-refractivity contribution in [1.29, 1.82) is 0 Å². The molecule has 9 heteroatoms. The summed E-state index contributed by atoms with van der Waals surface area (Å²) in [4.78, 5) is 39.2. The molecule has 1 aliphatic rings. The summed E-state index contributed by atoms with van der Waals surface area (Å²) in [5, 5.41) is 5.48. The van der Waals surface area contributed by atoms with Crippen molar-refractivity contribution in [2.24, 2.45) is 0 Å². The Morgan fingerprint density at radius 3 is 2.30 bits per heavy atom. The number of nitrogens with one attached hydrogen (secondary N) is 2. The molecule has 33 heavy (non-hydrogen) atoms. The highest BCUT2D eigenvalue weighted by Gasteiger charge is 2.39. The third-order valence-electron chi connectivity index (χ3n) is 4.85. The summed E-state index contributed by atoms with van der Waals surface area (Å²) in [5.41, 5.74) is 1.78. The van der Waals surface area contributed by atoms with Gasteiger partial charge in [-0.05, 0) is 89.3 Å². The van der Waals surface area contributed by atoms with Crippen LogP contribution in [-0.2, 0) is 9.59 Å². The second kappa shape index (κ2) is 9.63. The number of benzene rings is 3. The first-order chi connectivity index (χ1) is 15.9. The lowest BCUT2D eigenvalue weighted by Crippen LogP contribution is -2.32. The van der Waals surface area contributed by atoms with Crippen LogP contribution in [0.3, 0.4) is 0 Å². The summed E-state index contributed by atoms with van der Waals surface area (Å²) >= 11 is 8.39. The number of amides is 3. The zero-order chi connectivity index (χ0) is 23.5. The minimum absolute atomic E-state index is 0.0623. The van der Waals surface area contributed by atoms with E-state index in [4.69, 9.17) is 16.3 Å². The Labute approximate surface area is 208 Å². The van der Waals surface area contributed by atoms with Crippen LogP contribution in [0.25, 0.3) is 0 Å². The Morgan fingerprint density at radius 1 is 0.939 bits per heavy atom. The molecule has 7 nitrogen and oxygen atoms in total. The maximum absolute atomic E-state index is 13.0. The number of carbonyl (C=O) groups is 3. The first-order valence-corrected chi connectivity index (χ1v) is 11.2. The van der Waals surface area contributed by atoms with Gasteiger partial charge in [-0.25, -0.2) is 4.90 Å². The van der Waals surface area contributed by atoms with Crippen LogP contribution in [0.5, 0.6) is 5.75 Å². The molecule has 0 bridgehead atoms. The molecule has 0 saturated heterocycles. The number of hydrogen-bond acceptors (Lipinski definition) is 5. The number of imide groups is 1. The second-order valence-electron chi connectivity index (χ2n) is 7.00. The molecule has 1 aliphatic heterocycles. The molecule has 0 fully saturated rings. The van der Waals surface area contributed by atoms with Crippen LogP contribution in [0.15, 0.2) is 83.5 Å². The minimum Gasteiger partial charge on any atom is -0.497 e. The van der Waals surface area contributed by atoms with Crippen molar-refractivity contribution in [3.05, 3.63) is 92.7 Å². The van der Waals surface area contributed by atoms with Crippen molar-refractivity contribution in [2.45, 2.75) is 0 Å². The quantitative estimate of drug-likeness (QED) is 0.321. The first kappa shape index (κ1) is 22.8. The van der Waals surface area contributed by atoms with Gasteiger partial charge < -0.3 is 15.4 Å². The van der Waals surface area contributed by atoms with Gasteiger partial charge in [0.05, 0.1) is 12.8 Å². The van der Waals surface area contributed by atoms with E-state index in [0.717, 1.165) is 8.47 Å². The van der Waals surface area contributed by atoms with Gasteiger partial charge in [0, 0.05) is 20.5 Å². The van der Waals surface area contributed by atoms with Crippen LogP contribution in [0.4, 0.5) is 17.1 Å². The maximum atomic E-state index is 13.0. The SMILES string of the molecule is COc1ccc(N2C(=O)C(Cl)=C(Nc3cccc(C(=O)Nc4ccc(I)cc4)c3)C2=O)cc1. The molecule has 2 N–H and O–H groups in total. The van der Waals surface area contributed by atoms with E-state index in [-0.39, 0.29) is 16.6 Å². The lowest BCUT2D eigenvalue weighted by atomic mass is 10.1. The third kappa shape index (κ3) is 4.86. The van der Waals surface area contributed by atoms with Crippen LogP contribution in [0.2, 0.25) is 0 Å². The predicted octanol–water partition coefficient (Wildman–Crippen LogP) is 4.99. The van der Waals surface area contributed by atoms with Gasteiger partial charge in [-0.15, -0.1) is 0 Å². The molecule has 4 rings (SSSR count). The van der Waals surface area contributed by atoms with Gasteiger partial charge >= 0.3 is 0 Å². The molecular formula is C24H17ClIN3O4. The smallest absolute Gasteiger partial charge is 0.283 e. The van der Waals surface area contributed by atoms with E-state index in [1.165, 1.54) is 7.11 Å². The van der Waals surface area contributed by atoms with Gasteiger partial charge in [0.2, 0.25) is 0 Å². The highest BCUT2D eigenvalue weighted by atomic mass is 127. The van der Waals surface area contributed by atoms with Crippen molar-refractivity contribution < 1.29 is 19.1 Å². The number of carbonyl (C=O) groups excluding carboxylic acids is 3. The molecule has 1 heterocycles. The van der Waals surface area contributed by atoms with E-state index in [1.54, 1.807) is 48.5 Å². The molecule has 0 spiro atoms. The fourth-order valence-corrected chi connectivity index (χ4v) is 3.77. The molecule has 0 aliphatic carbocycles. The topological polar surface area (TPSA) is 87.7 Å². The maximum Gasteiger partial charge on any atom is 0.283 e. The largest absolute Gasteiger partial charge is 0.497 e. The van der Waals surface area contributed by atoms with Crippen LogP contribution < -0.4 is 20.3 Å².